The number of nitrogens with two attached hydrogens (primary N) is 2. The first-order valence-corrected chi connectivity index (χ1v) is 5.97. The third kappa shape index (κ3) is 5.00. The molecule has 0 atom stereocenters. The minimum Gasteiger partial charge on any atom is -0.370 e. The average Bonchev–Trinajstić information content (AvgIpc) is 2.36. The number of carbonyl (C=O) groups excluding carboxylic acids is 2. The molecule has 1 aromatic rings. The number of rotatable bonds is 4. The Labute approximate surface area is 116 Å². The molecule has 0 unspecified atom stereocenters. The fourth-order valence-corrected chi connectivity index (χ4v) is 1.53. The average molecular weight is 280 g/mol. The van der Waals surface area contributed by atoms with Crippen molar-refractivity contribution >= 4 is 23.4 Å². The number of hydrogen-bond donors (Lipinski definition) is 3. The van der Waals surface area contributed by atoms with Gasteiger partial charge in [-0.05, 0) is 18.2 Å². The lowest BCUT2D eigenvalue weighted by molar-refractivity contribution is -0.117. The summed E-state index contributed by atoms with van der Waals surface area (Å²) >= 11 is 6.00. The van der Waals surface area contributed by atoms with E-state index in [1.165, 1.54) is 6.07 Å². The molecule has 5 N–H and O–H groups in total. The van der Waals surface area contributed by atoms with Gasteiger partial charge in [0, 0.05) is 24.1 Å². The van der Waals surface area contributed by atoms with Crippen LogP contribution in [0.4, 0.5) is 0 Å². The lowest BCUT2D eigenvalue weighted by atomic mass is 10.1. The maximum Gasteiger partial charge on any atom is 0.251 e. The van der Waals surface area contributed by atoms with Crippen LogP contribution in [-0.2, 0) is 4.79 Å². The van der Waals surface area contributed by atoms with Gasteiger partial charge >= 0.3 is 0 Å². The van der Waals surface area contributed by atoms with Gasteiger partial charge in [0.15, 0.2) is 0 Å². The van der Waals surface area contributed by atoms with Gasteiger partial charge in [-0.3, -0.25) is 9.59 Å². The number of hydrogen-bond acceptors (Lipinski definition) is 3. The zero-order valence-corrected chi connectivity index (χ0v) is 11.0. The van der Waals surface area contributed by atoms with Crippen molar-refractivity contribution in [2.75, 3.05) is 13.1 Å². The van der Waals surface area contributed by atoms with E-state index < -0.39 is 5.91 Å². The predicted molar refractivity (Wildman–Crippen MR) is 73.5 cm³/mol. The second kappa shape index (κ2) is 7.41. The third-order valence-electron chi connectivity index (χ3n) is 2.21. The summed E-state index contributed by atoms with van der Waals surface area (Å²) in [6, 6.07) is 4.77. The summed E-state index contributed by atoms with van der Waals surface area (Å²) in [6.45, 7) is 0.437. The molecule has 5 nitrogen and oxygen atoms in total. The molecule has 0 radical (unpaired) electrons. The summed E-state index contributed by atoms with van der Waals surface area (Å²) in [7, 11) is 0. The van der Waals surface area contributed by atoms with Gasteiger partial charge < -0.3 is 16.8 Å². The minimum absolute atomic E-state index is 0.0968. The normalized spacial score (nSPS) is 9.37. The molecule has 1 aromatic carbocycles. The van der Waals surface area contributed by atoms with Crippen molar-refractivity contribution in [1.29, 1.82) is 0 Å². The van der Waals surface area contributed by atoms with Crippen LogP contribution < -0.4 is 16.8 Å². The lowest BCUT2D eigenvalue weighted by Crippen LogP contribution is -2.27. The van der Waals surface area contributed by atoms with E-state index in [0.29, 0.717) is 16.1 Å². The number of nitrogens with one attached hydrogen (secondary N) is 1. The Kier molecular flexibility index (Phi) is 5.86. The van der Waals surface area contributed by atoms with E-state index in [-0.39, 0.29) is 25.4 Å². The number of carbonyl (C=O) groups is 2. The maximum absolute atomic E-state index is 11.7. The highest BCUT2D eigenvalue weighted by atomic mass is 35.5. The van der Waals surface area contributed by atoms with Gasteiger partial charge in [-0.25, -0.2) is 0 Å². The van der Waals surface area contributed by atoms with Crippen LogP contribution in [0.1, 0.15) is 22.3 Å². The minimum atomic E-state index is -0.467. The van der Waals surface area contributed by atoms with Gasteiger partial charge in [-0.2, -0.15) is 0 Å². The monoisotopic (exact) mass is 279 g/mol. The zero-order valence-electron chi connectivity index (χ0n) is 10.2. The Morgan fingerprint density at radius 1 is 1.37 bits per heavy atom. The molecule has 0 fully saturated rings. The molecule has 100 valence electrons. The molecule has 19 heavy (non-hydrogen) atoms. The van der Waals surface area contributed by atoms with Gasteiger partial charge in [-0.1, -0.05) is 23.4 Å². The molecule has 0 aliphatic heterocycles. The Bertz CT molecular complexity index is 547. The quantitative estimate of drug-likeness (QED) is 0.689. The van der Waals surface area contributed by atoms with E-state index in [1.54, 1.807) is 12.1 Å². The van der Waals surface area contributed by atoms with Crippen LogP contribution in [-0.4, -0.2) is 24.9 Å². The van der Waals surface area contributed by atoms with Crippen LogP contribution in [0.3, 0.4) is 0 Å². The first kappa shape index (κ1) is 15.0. The van der Waals surface area contributed by atoms with Crippen LogP contribution in [0, 0.1) is 11.8 Å². The fourth-order valence-electron chi connectivity index (χ4n) is 1.31. The van der Waals surface area contributed by atoms with Crippen molar-refractivity contribution in [3.63, 3.8) is 0 Å². The van der Waals surface area contributed by atoms with E-state index in [9.17, 15) is 9.59 Å². The smallest absolute Gasteiger partial charge is 0.251 e. The van der Waals surface area contributed by atoms with E-state index in [0.717, 1.165) is 0 Å². The molecule has 0 heterocycles. The Balaban J connectivity index is 2.72. The highest BCUT2D eigenvalue weighted by Crippen LogP contribution is 2.16. The van der Waals surface area contributed by atoms with Crippen molar-refractivity contribution in [3.8, 4) is 11.8 Å². The molecular formula is C13H14ClN3O2. The second-order valence-electron chi connectivity index (χ2n) is 3.67. The molecule has 0 aliphatic carbocycles. The zero-order chi connectivity index (χ0) is 14.3. The first-order chi connectivity index (χ1) is 9.04. The predicted octanol–water partition coefficient (Wildman–Crippen LogP) is 0.255. The molecule has 0 spiro atoms. The van der Waals surface area contributed by atoms with Gasteiger partial charge in [-0.15, -0.1) is 0 Å². The highest BCUT2D eigenvalue weighted by Gasteiger charge is 2.07. The standard InChI is InChI=1S/C13H14ClN3O2/c14-11-8-10(4-3-9(11)2-1-6-15)13(19)17-7-5-12(16)18/h3-4,8H,5-7,15H2,(H2,16,18)(H,17,19). The van der Waals surface area contributed by atoms with Crippen molar-refractivity contribution in [2.24, 2.45) is 11.5 Å². The van der Waals surface area contributed by atoms with Crippen molar-refractivity contribution in [2.45, 2.75) is 6.42 Å². The van der Waals surface area contributed by atoms with Gasteiger partial charge in [0.05, 0.1) is 11.6 Å². The summed E-state index contributed by atoms with van der Waals surface area (Å²) < 4.78 is 0. The van der Waals surface area contributed by atoms with E-state index in [1.807, 2.05) is 0 Å². The summed E-state index contributed by atoms with van der Waals surface area (Å²) in [4.78, 5) is 22.3. The van der Waals surface area contributed by atoms with Gasteiger partial charge in [0.2, 0.25) is 5.91 Å². The molecule has 0 bridgehead atoms. The fraction of sp³-hybridized carbons (Fsp3) is 0.231. The Hall–Kier alpha value is -2.03. The lowest BCUT2D eigenvalue weighted by Gasteiger charge is -2.05. The van der Waals surface area contributed by atoms with Crippen LogP contribution in [0.15, 0.2) is 18.2 Å². The molecule has 6 heteroatoms. The van der Waals surface area contributed by atoms with E-state index in [2.05, 4.69) is 17.2 Å². The number of halogens is 1. The van der Waals surface area contributed by atoms with Gasteiger partial charge in [0.1, 0.15) is 0 Å². The summed E-state index contributed by atoms with van der Waals surface area (Å²) in [5, 5.41) is 2.94. The molecule has 0 aromatic heterocycles. The molecule has 0 saturated carbocycles. The van der Waals surface area contributed by atoms with Crippen molar-refractivity contribution < 1.29 is 9.59 Å². The number of benzene rings is 1. The molecule has 0 aliphatic rings. The Morgan fingerprint density at radius 3 is 2.68 bits per heavy atom. The molecule has 0 saturated heterocycles. The van der Waals surface area contributed by atoms with Gasteiger partial charge in [0.25, 0.3) is 5.91 Å². The Morgan fingerprint density at radius 2 is 2.11 bits per heavy atom. The summed E-state index contributed by atoms with van der Waals surface area (Å²) in [6.07, 6.45) is 0.0968. The van der Waals surface area contributed by atoms with E-state index in [4.69, 9.17) is 23.1 Å². The number of amides is 2. The largest absolute Gasteiger partial charge is 0.370 e. The summed E-state index contributed by atoms with van der Waals surface area (Å²) in [5.41, 5.74) is 11.2. The topological polar surface area (TPSA) is 98.2 Å². The highest BCUT2D eigenvalue weighted by molar-refractivity contribution is 6.32. The van der Waals surface area contributed by atoms with Crippen LogP contribution in [0.5, 0.6) is 0 Å². The third-order valence-corrected chi connectivity index (χ3v) is 2.53. The van der Waals surface area contributed by atoms with Crippen LogP contribution in [0.25, 0.3) is 0 Å². The van der Waals surface area contributed by atoms with E-state index >= 15 is 0 Å². The molecule has 1 rings (SSSR count). The van der Waals surface area contributed by atoms with Crippen molar-refractivity contribution in [1.82, 2.24) is 5.32 Å². The number of primary amides is 1. The van der Waals surface area contributed by atoms with Crippen molar-refractivity contribution in [3.05, 3.63) is 34.3 Å². The molecule has 2 amide bonds. The molecular weight excluding hydrogens is 266 g/mol. The summed E-state index contributed by atoms with van der Waals surface area (Å²) in [5.74, 6) is 4.69. The first-order valence-electron chi connectivity index (χ1n) is 5.59. The maximum atomic E-state index is 11.7. The van der Waals surface area contributed by atoms with Crippen LogP contribution in [0.2, 0.25) is 5.02 Å². The second-order valence-corrected chi connectivity index (χ2v) is 4.08. The van der Waals surface area contributed by atoms with Crippen LogP contribution >= 0.6 is 11.6 Å². The SMILES string of the molecule is NCC#Cc1ccc(C(=O)NCCC(N)=O)cc1Cl.